The predicted molar refractivity (Wildman–Crippen MR) is 56.2 cm³/mol. The third-order valence-electron chi connectivity index (χ3n) is 2.02. The summed E-state index contributed by atoms with van der Waals surface area (Å²) in [4.78, 5) is 16.2. The summed E-state index contributed by atoms with van der Waals surface area (Å²) in [5.74, 6) is 0. The molecule has 0 bridgehead atoms. The Hall–Kier alpha value is -1.58. The molecule has 0 aliphatic carbocycles. The van der Waals surface area contributed by atoms with Crippen LogP contribution in [0.5, 0.6) is 0 Å². The largest absolute Gasteiger partial charge is 0.370 e. The van der Waals surface area contributed by atoms with Crippen LogP contribution < -0.4 is 10.2 Å². The van der Waals surface area contributed by atoms with E-state index in [9.17, 15) is 4.79 Å². The molecule has 0 fully saturated rings. The zero-order valence-corrected chi connectivity index (χ0v) is 8.31. The van der Waals surface area contributed by atoms with Gasteiger partial charge in [-0.05, 0) is 19.1 Å². The Kier molecular flexibility index (Phi) is 4.47. The summed E-state index contributed by atoms with van der Waals surface area (Å²) in [7, 11) is 0. The van der Waals surface area contributed by atoms with Gasteiger partial charge in [-0.3, -0.25) is 9.78 Å². The van der Waals surface area contributed by atoms with Crippen LogP contribution >= 0.6 is 0 Å². The highest BCUT2D eigenvalue weighted by Crippen LogP contribution is 2.10. The van der Waals surface area contributed by atoms with Gasteiger partial charge in [0.2, 0.25) is 6.41 Å². The number of anilines is 1. The minimum absolute atomic E-state index is 0.666. The molecule has 0 saturated heterocycles. The third-order valence-corrected chi connectivity index (χ3v) is 2.02. The Balaban J connectivity index is 2.50. The van der Waals surface area contributed by atoms with Gasteiger partial charge < -0.3 is 10.2 Å². The van der Waals surface area contributed by atoms with Gasteiger partial charge in [-0.1, -0.05) is 0 Å². The van der Waals surface area contributed by atoms with Crippen molar-refractivity contribution in [1.82, 2.24) is 10.3 Å². The van der Waals surface area contributed by atoms with Crippen LogP contribution in [0.3, 0.4) is 0 Å². The maximum Gasteiger partial charge on any atom is 0.207 e. The minimum Gasteiger partial charge on any atom is -0.370 e. The first-order valence-corrected chi connectivity index (χ1v) is 4.70. The van der Waals surface area contributed by atoms with Crippen LogP contribution in [0.25, 0.3) is 0 Å². The number of amides is 1. The zero-order chi connectivity index (χ0) is 10.2. The maximum atomic E-state index is 10.1. The second-order valence-electron chi connectivity index (χ2n) is 2.86. The van der Waals surface area contributed by atoms with Crippen molar-refractivity contribution in [1.29, 1.82) is 0 Å². The fourth-order valence-electron chi connectivity index (χ4n) is 1.28. The van der Waals surface area contributed by atoms with E-state index >= 15 is 0 Å². The second kappa shape index (κ2) is 5.96. The van der Waals surface area contributed by atoms with E-state index in [0.29, 0.717) is 6.54 Å². The molecule has 1 N–H and O–H groups in total. The van der Waals surface area contributed by atoms with Crippen LogP contribution in [0.1, 0.15) is 6.92 Å². The average molecular weight is 193 g/mol. The first kappa shape index (κ1) is 10.5. The van der Waals surface area contributed by atoms with E-state index < -0.39 is 0 Å². The van der Waals surface area contributed by atoms with Crippen molar-refractivity contribution in [2.45, 2.75) is 6.92 Å². The van der Waals surface area contributed by atoms with Crippen molar-refractivity contribution >= 4 is 12.1 Å². The molecule has 0 saturated carbocycles. The van der Waals surface area contributed by atoms with Gasteiger partial charge in [-0.2, -0.15) is 0 Å². The Labute approximate surface area is 83.9 Å². The van der Waals surface area contributed by atoms with Crippen molar-refractivity contribution in [3.8, 4) is 0 Å². The van der Waals surface area contributed by atoms with E-state index in [0.717, 1.165) is 25.2 Å². The standard InChI is InChI=1S/C10H15N3O/c1-2-13(8-7-12-9-14)10-3-5-11-6-4-10/h3-6,9H,2,7-8H2,1H3,(H,12,14). The quantitative estimate of drug-likeness (QED) is 0.533. The van der Waals surface area contributed by atoms with Crippen molar-refractivity contribution in [2.75, 3.05) is 24.5 Å². The lowest BCUT2D eigenvalue weighted by atomic mass is 10.3. The van der Waals surface area contributed by atoms with Gasteiger partial charge in [0.15, 0.2) is 0 Å². The molecule has 1 aromatic rings. The van der Waals surface area contributed by atoms with Crippen LogP contribution in [0.15, 0.2) is 24.5 Å². The van der Waals surface area contributed by atoms with Crippen LogP contribution in [0, 0.1) is 0 Å². The highest BCUT2D eigenvalue weighted by Gasteiger charge is 2.01. The van der Waals surface area contributed by atoms with Gasteiger partial charge in [0.25, 0.3) is 0 Å². The number of carbonyl (C=O) groups excluding carboxylic acids is 1. The van der Waals surface area contributed by atoms with Gasteiger partial charge in [0.1, 0.15) is 0 Å². The summed E-state index contributed by atoms with van der Waals surface area (Å²) in [6, 6.07) is 3.93. The third kappa shape index (κ3) is 3.05. The molecule has 0 radical (unpaired) electrons. The molecule has 1 rings (SSSR count). The van der Waals surface area contributed by atoms with Crippen molar-refractivity contribution < 1.29 is 4.79 Å². The Morgan fingerprint density at radius 2 is 2.21 bits per heavy atom. The van der Waals surface area contributed by atoms with Crippen LogP contribution in [-0.2, 0) is 4.79 Å². The molecular weight excluding hydrogens is 178 g/mol. The van der Waals surface area contributed by atoms with Crippen molar-refractivity contribution in [2.24, 2.45) is 0 Å². The number of carbonyl (C=O) groups is 1. The van der Waals surface area contributed by atoms with E-state index in [1.807, 2.05) is 12.1 Å². The van der Waals surface area contributed by atoms with Gasteiger partial charge in [-0.15, -0.1) is 0 Å². The molecule has 1 aromatic heterocycles. The molecule has 1 heterocycles. The molecule has 0 unspecified atom stereocenters. The fraction of sp³-hybridized carbons (Fsp3) is 0.400. The van der Waals surface area contributed by atoms with Crippen LogP contribution in [0.2, 0.25) is 0 Å². The molecule has 0 aromatic carbocycles. The number of likely N-dealkylation sites (N-methyl/N-ethyl adjacent to an activating group) is 1. The molecule has 4 heteroatoms. The Bertz CT molecular complexity index is 263. The molecule has 4 nitrogen and oxygen atoms in total. The smallest absolute Gasteiger partial charge is 0.207 e. The average Bonchev–Trinajstić information content (AvgIpc) is 2.26. The first-order chi connectivity index (χ1) is 6.88. The molecule has 1 amide bonds. The summed E-state index contributed by atoms with van der Waals surface area (Å²) in [5.41, 5.74) is 1.13. The highest BCUT2D eigenvalue weighted by atomic mass is 16.1. The molecule has 0 spiro atoms. The monoisotopic (exact) mass is 193 g/mol. The SMILES string of the molecule is CCN(CCNC=O)c1ccncc1. The van der Waals surface area contributed by atoms with E-state index in [2.05, 4.69) is 22.1 Å². The van der Waals surface area contributed by atoms with E-state index in [4.69, 9.17) is 0 Å². The van der Waals surface area contributed by atoms with E-state index in [1.165, 1.54) is 0 Å². The summed E-state index contributed by atoms with van der Waals surface area (Å²) in [6.45, 7) is 4.49. The van der Waals surface area contributed by atoms with Gasteiger partial charge >= 0.3 is 0 Å². The topological polar surface area (TPSA) is 45.2 Å². The normalized spacial score (nSPS) is 9.50. The van der Waals surface area contributed by atoms with Crippen LogP contribution in [-0.4, -0.2) is 31.0 Å². The number of aromatic nitrogens is 1. The Morgan fingerprint density at radius 3 is 2.79 bits per heavy atom. The summed E-state index contributed by atoms with van der Waals surface area (Å²) >= 11 is 0. The molecular formula is C10H15N3O. The van der Waals surface area contributed by atoms with Crippen molar-refractivity contribution in [3.05, 3.63) is 24.5 Å². The number of nitrogens with one attached hydrogen (secondary N) is 1. The van der Waals surface area contributed by atoms with Gasteiger partial charge in [0, 0.05) is 37.7 Å². The lowest BCUT2D eigenvalue weighted by molar-refractivity contribution is -0.109. The minimum atomic E-state index is 0.666. The Morgan fingerprint density at radius 1 is 1.50 bits per heavy atom. The number of hydrogen-bond donors (Lipinski definition) is 1. The maximum absolute atomic E-state index is 10.1. The molecule has 76 valence electrons. The zero-order valence-electron chi connectivity index (χ0n) is 8.31. The molecule has 0 atom stereocenters. The fourth-order valence-corrected chi connectivity index (χ4v) is 1.28. The molecule has 0 aliphatic rings. The summed E-state index contributed by atoms with van der Waals surface area (Å²) in [6.07, 6.45) is 4.26. The number of nitrogens with zero attached hydrogens (tertiary/aromatic N) is 2. The highest BCUT2D eigenvalue weighted by molar-refractivity contribution is 5.47. The number of rotatable bonds is 6. The lowest BCUT2D eigenvalue weighted by Crippen LogP contribution is -2.31. The van der Waals surface area contributed by atoms with Gasteiger partial charge in [-0.25, -0.2) is 0 Å². The molecule has 0 aliphatic heterocycles. The number of hydrogen-bond acceptors (Lipinski definition) is 3. The molecule has 14 heavy (non-hydrogen) atoms. The first-order valence-electron chi connectivity index (χ1n) is 4.70. The number of pyridine rings is 1. The summed E-state index contributed by atoms with van der Waals surface area (Å²) in [5, 5.41) is 2.64. The van der Waals surface area contributed by atoms with Gasteiger partial charge in [0.05, 0.1) is 0 Å². The van der Waals surface area contributed by atoms with Crippen molar-refractivity contribution in [3.63, 3.8) is 0 Å². The summed E-state index contributed by atoms with van der Waals surface area (Å²) < 4.78 is 0. The van der Waals surface area contributed by atoms with Crippen LogP contribution in [0.4, 0.5) is 5.69 Å². The lowest BCUT2D eigenvalue weighted by Gasteiger charge is -2.22. The van der Waals surface area contributed by atoms with E-state index in [1.54, 1.807) is 12.4 Å². The van der Waals surface area contributed by atoms with E-state index in [-0.39, 0.29) is 0 Å². The predicted octanol–water partition coefficient (Wildman–Crippen LogP) is 0.654. The second-order valence-corrected chi connectivity index (χ2v) is 2.86.